The number of thiazole rings is 1. The van der Waals surface area contributed by atoms with Gasteiger partial charge in [-0.25, -0.2) is 0 Å². The molecule has 0 amide bonds. The van der Waals surface area contributed by atoms with Crippen molar-refractivity contribution in [1.82, 2.24) is 4.57 Å². The maximum absolute atomic E-state index is 10.6. The van der Waals surface area contributed by atoms with Crippen molar-refractivity contribution in [1.29, 1.82) is 0 Å². The quantitative estimate of drug-likeness (QED) is 0.619. The third-order valence-corrected chi connectivity index (χ3v) is 3.68. The molecule has 0 aliphatic heterocycles. The minimum absolute atomic E-state index is 0. The van der Waals surface area contributed by atoms with Crippen molar-refractivity contribution in [3.8, 4) is 11.3 Å². The second-order valence-electron chi connectivity index (χ2n) is 3.93. The summed E-state index contributed by atoms with van der Waals surface area (Å²) < 4.78 is 2.12. The fourth-order valence-electron chi connectivity index (χ4n) is 1.88. The van der Waals surface area contributed by atoms with Gasteiger partial charge in [0.1, 0.15) is 0 Å². The molecule has 0 bridgehead atoms. The molecular formula is C13H16BrN3O2S. The Hall–Kier alpha value is -1.47. The number of benzene rings is 1. The number of non-ortho nitro benzene ring substituents is 1. The zero-order valence-electron chi connectivity index (χ0n) is 11.3. The first-order valence-electron chi connectivity index (χ1n) is 6.11. The first-order chi connectivity index (χ1) is 9.17. The zero-order valence-corrected chi connectivity index (χ0v) is 13.8. The third-order valence-electron chi connectivity index (χ3n) is 2.78. The van der Waals surface area contributed by atoms with Crippen molar-refractivity contribution < 1.29 is 4.92 Å². The van der Waals surface area contributed by atoms with Crippen LogP contribution in [0.2, 0.25) is 0 Å². The Kier molecular flexibility index (Phi) is 6.09. The van der Waals surface area contributed by atoms with E-state index in [4.69, 9.17) is 0 Å². The van der Waals surface area contributed by atoms with E-state index in [9.17, 15) is 10.1 Å². The van der Waals surface area contributed by atoms with Gasteiger partial charge in [-0.3, -0.25) is 15.1 Å². The van der Waals surface area contributed by atoms with Gasteiger partial charge in [0.2, 0.25) is 0 Å². The monoisotopic (exact) mass is 357 g/mol. The number of hydrogen-bond donors (Lipinski definition) is 0. The van der Waals surface area contributed by atoms with E-state index in [-0.39, 0.29) is 27.6 Å². The minimum Gasteiger partial charge on any atom is -0.317 e. The van der Waals surface area contributed by atoms with Crippen molar-refractivity contribution in [3.63, 3.8) is 0 Å². The molecular weight excluding hydrogens is 342 g/mol. The van der Waals surface area contributed by atoms with Gasteiger partial charge in [0, 0.05) is 30.6 Å². The molecule has 2 rings (SSSR count). The highest BCUT2D eigenvalue weighted by Crippen LogP contribution is 2.22. The van der Waals surface area contributed by atoms with Crippen LogP contribution in [0.1, 0.15) is 13.8 Å². The standard InChI is InChI=1S/C13H15N3O2S.BrH/c1-3-14-13-15(4-2)12(9-19-13)10-5-7-11(8-6-10)16(17)18;/h5-9H,3-4H2,1-2H3;1H. The summed E-state index contributed by atoms with van der Waals surface area (Å²) in [5.41, 5.74) is 2.14. The Morgan fingerprint density at radius 3 is 2.45 bits per heavy atom. The summed E-state index contributed by atoms with van der Waals surface area (Å²) in [6, 6.07) is 6.62. The summed E-state index contributed by atoms with van der Waals surface area (Å²) >= 11 is 1.59. The van der Waals surface area contributed by atoms with E-state index in [1.54, 1.807) is 23.5 Å². The van der Waals surface area contributed by atoms with Crippen molar-refractivity contribution in [2.24, 2.45) is 4.99 Å². The summed E-state index contributed by atoms with van der Waals surface area (Å²) in [6.45, 7) is 5.65. The van der Waals surface area contributed by atoms with Crippen LogP contribution in [0.5, 0.6) is 0 Å². The molecule has 0 spiro atoms. The molecule has 5 nitrogen and oxygen atoms in total. The average molecular weight is 358 g/mol. The maximum Gasteiger partial charge on any atom is 0.269 e. The van der Waals surface area contributed by atoms with Gasteiger partial charge in [0.15, 0.2) is 4.80 Å². The SMILES string of the molecule is Br.CCN=c1scc(-c2ccc([N+](=O)[O-])cc2)n1CC. The zero-order chi connectivity index (χ0) is 13.8. The highest BCUT2D eigenvalue weighted by Gasteiger charge is 2.09. The molecule has 108 valence electrons. The Morgan fingerprint density at radius 1 is 1.30 bits per heavy atom. The number of halogens is 1. The van der Waals surface area contributed by atoms with E-state index in [2.05, 4.69) is 16.5 Å². The Bertz CT molecular complexity index is 646. The van der Waals surface area contributed by atoms with E-state index >= 15 is 0 Å². The molecule has 0 aliphatic rings. The average Bonchev–Trinajstić information content (AvgIpc) is 2.82. The summed E-state index contributed by atoms with van der Waals surface area (Å²) in [4.78, 5) is 15.7. The second kappa shape index (κ2) is 7.35. The molecule has 0 N–H and O–H groups in total. The van der Waals surface area contributed by atoms with Crippen LogP contribution in [-0.2, 0) is 6.54 Å². The molecule has 0 radical (unpaired) electrons. The Labute approximate surface area is 131 Å². The number of nitrogens with zero attached hydrogens (tertiary/aromatic N) is 3. The molecule has 0 aliphatic carbocycles. The van der Waals surface area contributed by atoms with E-state index in [1.807, 2.05) is 12.3 Å². The van der Waals surface area contributed by atoms with Crippen LogP contribution < -0.4 is 4.80 Å². The van der Waals surface area contributed by atoms with Gasteiger partial charge in [-0.2, -0.15) is 0 Å². The van der Waals surface area contributed by atoms with E-state index in [0.29, 0.717) is 0 Å². The summed E-state index contributed by atoms with van der Waals surface area (Å²) in [5, 5.41) is 12.7. The lowest BCUT2D eigenvalue weighted by atomic mass is 10.1. The first kappa shape index (κ1) is 16.6. The lowest BCUT2D eigenvalue weighted by Gasteiger charge is -2.05. The van der Waals surface area contributed by atoms with Crippen LogP contribution in [0, 0.1) is 10.1 Å². The number of nitro benzene ring substituents is 1. The predicted molar refractivity (Wildman–Crippen MR) is 86.5 cm³/mol. The molecule has 2 aromatic rings. The Morgan fingerprint density at radius 2 is 1.95 bits per heavy atom. The lowest BCUT2D eigenvalue weighted by Crippen LogP contribution is -2.15. The van der Waals surface area contributed by atoms with Gasteiger partial charge in [0.05, 0.1) is 10.6 Å². The van der Waals surface area contributed by atoms with Gasteiger partial charge in [-0.1, -0.05) is 0 Å². The largest absolute Gasteiger partial charge is 0.317 e. The number of aromatic nitrogens is 1. The molecule has 20 heavy (non-hydrogen) atoms. The van der Waals surface area contributed by atoms with E-state index < -0.39 is 0 Å². The van der Waals surface area contributed by atoms with Crippen molar-refractivity contribution in [3.05, 3.63) is 44.6 Å². The minimum atomic E-state index is -0.386. The van der Waals surface area contributed by atoms with Gasteiger partial charge >= 0.3 is 0 Å². The number of rotatable bonds is 4. The topological polar surface area (TPSA) is 60.4 Å². The highest BCUT2D eigenvalue weighted by atomic mass is 79.9. The smallest absolute Gasteiger partial charge is 0.269 e. The van der Waals surface area contributed by atoms with E-state index in [0.717, 1.165) is 29.1 Å². The van der Waals surface area contributed by atoms with E-state index in [1.165, 1.54) is 12.1 Å². The molecule has 1 aromatic heterocycles. The fourth-order valence-corrected chi connectivity index (χ4v) is 2.92. The lowest BCUT2D eigenvalue weighted by molar-refractivity contribution is -0.384. The van der Waals surface area contributed by atoms with Gasteiger partial charge in [0.25, 0.3) is 5.69 Å². The maximum atomic E-state index is 10.6. The second-order valence-corrected chi connectivity index (χ2v) is 4.76. The summed E-state index contributed by atoms with van der Waals surface area (Å²) in [7, 11) is 0. The van der Waals surface area contributed by atoms with Crippen LogP contribution in [0.4, 0.5) is 5.69 Å². The third kappa shape index (κ3) is 3.34. The molecule has 1 heterocycles. The number of nitro groups is 1. The predicted octanol–water partition coefficient (Wildman–Crippen LogP) is 3.64. The van der Waals surface area contributed by atoms with Crippen LogP contribution in [0.3, 0.4) is 0 Å². The Balaban J connectivity index is 0.00000200. The number of hydrogen-bond acceptors (Lipinski definition) is 4. The summed E-state index contributed by atoms with van der Waals surface area (Å²) in [5.74, 6) is 0. The molecule has 0 atom stereocenters. The molecule has 0 fully saturated rings. The molecule has 1 aromatic carbocycles. The van der Waals surface area contributed by atoms with Gasteiger partial charge < -0.3 is 4.57 Å². The van der Waals surface area contributed by atoms with Crippen molar-refractivity contribution >= 4 is 34.0 Å². The van der Waals surface area contributed by atoms with Gasteiger partial charge in [-0.05, 0) is 31.5 Å². The summed E-state index contributed by atoms with van der Waals surface area (Å²) in [6.07, 6.45) is 0. The molecule has 7 heteroatoms. The highest BCUT2D eigenvalue weighted by molar-refractivity contribution is 8.93. The normalized spacial score (nSPS) is 11.2. The van der Waals surface area contributed by atoms with Crippen LogP contribution in [-0.4, -0.2) is 16.0 Å². The molecule has 0 saturated heterocycles. The van der Waals surface area contributed by atoms with Crippen LogP contribution in [0.15, 0.2) is 34.6 Å². The molecule has 0 unspecified atom stereocenters. The molecule has 0 saturated carbocycles. The van der Waals surface area contributed by atoms with Crippen LogP contribution >= 0.6 is 28.3 Å². The van der Waals surface area contributed by atoms with Crippen molar-refractivity contribution in [2.45, 2.75) is 20.4 Å². The first-order valence-corrected chi connectivity index (χ1v) is 6.99. The fraction of sp³-hybridized carbons (Fsp3) is 0.308. The van der Waals surface area contributed by atoms with Gasteiger partial charge in [-0.15, -0.1) is 28.3 Å². The van der Waals surface area contributed by atoms with Crippen LogP contribution in [0.25, 0.3) is 11.3 Å². The van der Waals surface area contributed by atoms with Crippen molar-refractivity contribution in [2.75, 3.05) is 6.54 Å².